The lowest BCUT2D eigenvalue weighted by molar-refractivity contribution is -0.137. The minimum Gasteiger partial charge on any atom is -0.394 e. The van der Waals surface area contributed by atoms with Crippen molar-refractivity contribution in [3.05, 3.63) is 114 Å². The van der Waals surface area contributed by atoms with Crippen LogP contribution in [0.15, 0.2) is 101 Å². The number of nitrogens with zero attached hydrogens (tertiary/aromatic N) is 6. The van der Waals surface area contributed by atoms with Gasteiger partial charge in [-0.25, -0.2) is 9.97 Å². The zero-order chi connectivity index (χ0) is 46.8. The molecule has 0 aliphatic carbocycles. The van der Waals surface area contributed by atoms with E-state index in [9.17, 15) is 29.1 Å². The Kier molecular flexibility index (Phi) is 15.1. The van der Waals surface area contributed by atoms with E-state index in [1.165, 1.54) is 16.7 Å². The van der Waals surface area contributed by atoms with Crippen LogP contribution in [0.1, 0.15) is 96.2 Å². The summed E-state index contributed by atoms with van der Waals surface area (Å²) in [5.74, 6) is -0.655. The summed E-state index contributed by atoms with van der Waals surface area (Å²) in [4.78, 5) is 76.5. The highest BCUT2D eigenvalue weighted by molar-refractivity contribution is 7.99. The zero-order valence-electron chi connectivity index (χ0n) is 37.2. The van der Waals surface area contributed by atoms with E-state index >= 15 is 0 Å². The molecule has 18 heteroatoms. The van der Waals surface area contributed by atoms with Crippen molar-refractivity contribution in [1.29, 1.82) is 0 Å². The molecule has 5 heterocycles. The maximum Gasteiger partial charge on any atom is 0.272 e. The summed E-state index contributed by atoms with van der Waals surface area (Å²) in [6.07, 6.45) is 10.8. The molecule has 0 spiro atoms. The van der Waals surface area contributed by atoms with Gasteiger partial charge in [0, 0.05) is 78.5 Å². The van der Waals surface area contributed by atoms with Crippen molar-refractivity contribution in [1.82, 2.24) is 35.7 Å². The van der Waals surface area contributed by atoms with Crippen molar-refractivity contribution in [3.63, 3.8) is 0 Å². The Morgan fingerprint density at radius 2 is 1.69 bits per heavy atom. The number of aromatic nitrogens is 4. The topological polar surface area (TPSA) is 238 Å². The first-order valence-corrected chi connectivity index (χ1v) is 23.6. The lowest BCUT2D eigenvalue weighted by atomic mass is 9.90. The second-order valence-corrected chi connectivity index (χ2v) is 18.4. The molecule has 17 nitrogen and oxygen atoms in total. The van der Waals surface area contributed by atoms with Crippen LogP contribution < -0.4 is 31.9 Å². The van der Waals surface area contributed by atoms with Gasteiger partial charge in [0.2, 0.25) is 17.7 Å². The summed E-state index contributed by atoms with van der Waals surface area (Å²) in [6, 6.07) is 23.7. The fraction of sp³-hybridized carbons (Fsp3) is 0.367. The van der Waals surface area contributed by atoms with E-state index in [-0.39, 0.29) is 43.0 Å². The number of anilines is 3. The zero-order valence-corrected chi connectivity index (χ0v) is 38.0. The number of piperidine rings is 2. The van der Waals surface area contributed by atoms with Gasteiger partial charge >= 0.3 is 0 Å². The van der Waals surface area contributed by atoms with Gasteiger partial charge in [-0.3, -0.25) is 29.3 Å². The highest BCUT2D eigenvalue weighted by Gasteiger charge is 2.39. The molecule has 2 aromatic heterocycles. The summed E-state index contributed by atoms with van der Waals surface area (Å²) in [5.41, 5.74) is 11.1. The molecule has 1 atom stereocenters. The number of carbonyl (C=O) groups is 5. The van der Waals surface area contributed by atoms with E-state index in [1.54, 1.807) is 30.6 Å². The summed E-state index contributed by atoms with van der Waals surface area (Å²) in [6.45, 7) is 2.74. The second-order valence-electron chi connectivity index (χ2n) is 17.3. The summed E-state index contributed by atoms with van der Waals surface area (Å²) in [7, 11) is 0. The molecule has 0 radical (unpaired) electrons. The predicted octanol–water partition coefficient (Wildman–Crippen LogP) is 5.46. The van der Waals surface area contributed by atoms with Crippen LogP contribution in [0.4, 0.5) is 17.2 Å². The third-order valence-electron chi connectivity index (χ3n) is 12.4. The number of fused-ring (bicyclic) bond motifs is 1. The van der Waals surface area contributed by atoms with Gasteiger partial charge in [-0.2, -0.15) is 0 Å². The fourth-order valence-electron chi connectivity index (χ4n) is 8.37. The number of aliphatic hydroxyl groups excluding tert-OH is 1. The summed E-state index contributed by atoms with van der Waals surface area (Å²) >= 11 is 1.49. The molecule has 348 valence electrons. The van der Waals surface area contributed by atoms with Crippen LogP contribution in [0, 0.1) is 0 Å². The first kappa shape index (κ1) is 46.8. The molecular formula is C49H55N11O6S. The van der Waals surface area contributed by atoms with E-state index in [0.29, 0.717) is 43.5 Å². The molecule has 3 aliphatic heterocycles. The Balaban J connectivity index is 0.685. The lowest BCUT2D eigenvalue weighted by Crippen LogP contribution is -2.53. The minimum atomic E-state index is -0.684. The predicted molar refractivity (Wildman–Crippen MR) is 254 cm³/mol. The normalized spacial score (nSPS) is 16.6. The molecule has 0 bridgehead atoms. The number of nitrogens with one attached hydrogen (secondary N) is 4. The molecule has 1 unspecified atom stereocenters. The van der Waals surface area contributed by atoms with Crippen LogP contribution >= 0.6 is 11.8 Å². The molecule has 7 N–H and O–H groups in total. The summed E-state index contributed by atoms with van der Waals surface area (Å²) < 4.78 is 0. The van der Waals surface area contributed by atoms with Gasteiger partial charge < -0.3 is 36.6 Å². The largest absolute Gasteiger partial charge is 0.394 e. The Bertz CT molecular complexity index is 2570. The highest BCUT2D eigenvalue weighted by atomic mass is 32.2. The molecule has 3 aromatic carbocycles. The number of nitrogens with two attached hydrogens (primary N) is 1. The van der Waals surface area contributed by atoms with E-state index in [0.717, 1.165) is 95.5 Å². The average molecular weight is 926 g/mol. The van der Waals surface area contributed by atoms with Gasteiger partial charge in [-0.15, -0.1) is 10.2 Å². The fourth-order valence-corrected chi connectivity index (χ4v) is 9.16. The maximum absolute atomic E-state index is 13.2. The third kappa shape index (κ3) is 12.2. The van der Waals surface area contributed by atoms with Gasteiger partial charge in [0.25, 0.3) is 11.8 Å². The number of imide groups is 1. The number of hydrogen-bond donors (Lipinski definition) is 6. The number of amides is 5. The molecule has 67 heavy (non-hydrogen) atoms. The van der Waals surface area contributed by atoms with Crippen LogP contribution in [0.25, 0.3) is 11.3 Å². The Morgan fingerprint density at radius 1 is 0.881 bits per heavy atom. The van der Waals surface area contributed by atoms with Crippen LogP contribution in [-0.4, -0.2) is 97.5 Å². The van der Waals surface area contributed by atoms with Crippen LogP contribution in [0.2, 0.25) is 0 Å². The number of aliphatic hydroxyl groups is 1. The molecule has 0 saturated carbocycles. The Labute approximate surface area is 393 Å². The lowest BCUT2D eigenvalue weighted by Gasteiger charge is -2.38. The monoisotopic (exact) mass is 925 g/mol. The SMILES string of the molecule is NC1(CO)CCN(c2cnc(Sc3cccc(NC(=O)CCCCCCCNc4ccc(-c5ccc(C(=O)NCc6ccc7c(c6)C(=O)N(C6CCC(=O)NC6=O)C7)nn5)cc4)c3)cn2)CC1. The smallest absolute Gasteiger partial charge is 0.272 e. The molecule has 5 aromatic rings. The average Bonchev–Trinajstić information content (AvgIpc) is 3.67. The number of unbranched alkanes of at least 4 members (excludes halogenated alkanes) is 4. The van der Waals surface area contributed by atoms with Crippen molar-refractivity contribution in [3.8, 4) is 11.3 Å². The van der Waals surface area contributed by atoms with Crippen LogP contribution in [0.5, 0.6) is 0 Å². The number of benzene rings is 3. The highest BCUT2D eigenvalue weighted by Crippen LogP contribution is 2.31. The molecule has 8 rings (SSSR count). The van der Waals surface area contributed by atoms with Crippen molar-refractivity contribution < 1.29 is 29.1 Å². The van der Waals surface area contributed by atoms with E-state index < -0.39 is 23.4 Å². The van der Waals surface area contributed by atoms with Gasteiger partial charge in [0.15, 0.2) is 5.69 Å². The Hall–Kier alpha value is -6.76. The molecule has 2 fully saturated rings. The number of hydrogen-bond acceptors (Lipinski definition) is 14. The maximum atomic E-state index is 13.2. The second kappa shape index (κ2) is 21.7. The molecular weight excluding hydrogens is 871 g/mol. The van der Waals surface area contributed by atoms with E-state index in [1.807, 2.05) is 60.7 Å². The van der Waals surface area contributed by atoms with Gasteiger partial charge in [-0.05, 0) is 91.8 Å². The van der Waals surface area contributed by atoms with E-state index in [2.05, 4.69) is 46.3 Å². The third-order valence-corrected chi connectivity index (χ3v) is 13.3. The molecule has 3 aliphatic rings. The Morgan fingerprint density at radius 3 is 2.43 bits per heavy atom. The van der Waals surface area contributed by atoms with Gasteiger partial charge in [-0.1, -0.05) is 61.4 Å². The van der Waals surface area contributed by atoms with E-state index in [4.69, 9.17) is 5.73 Å². The summed E-state index contributed by atoms with van der Waals surface area (Å²) in [5, 5.41) is 30.4. The van der Waals surface area contributed by atoms with Crippen LogP contribution in [0.3, 0.4) is 0 Å². The van der Waals surface area contributed by atoms with Crippen molar-refractivity contribution >= 4 is 58.5 Å². The quantitative estimate of drug-likeness (QED) is 0.0446. The first-order valence-electron chi connectivity index (χ1n) is 22.8. The van der Waals surface area contributed by atoms with Crippen molar-refractivity contribution in [2.75, 3.05) is 41.8 Å². The van der Waals surface area contributed by atoms with Crippen LogP contribution in [-0.2, 0) is 27.5 Å². The van der Waals surface area contributed by atoms with Crippen molar-refractivity contribution in [2.24, 2.45) is 5.73 Å². The standard InChI is InChI=1S/C49H55N11O6S/c50-49(31-61)20-23-59(24-21-49)42-28-53-45(29-52-42)67-37-8-6-7-36(26-37)55-43(62)9-4-2-1-3-5-22-51-35-14-12-33(13-15-35)39-16-17-40(58-57-39)46(64)54-27-32-10-11-34-30-60(48(66)38(34)25-32)41-18-19-44(63)56-47(41)65/h6-8,10-17,25-26,28-29,41,51,61H,1-5,9,18-24,27,30-31,50H2,(H,54,64)(H,55,62)(H,56,63,65). The minimum absolute atomic E-state index is 0.000177. The number of carbonyl (C=O) groups excluding carboxylic acids is 5. The van der Waals surface area contributed by atoms with Crippen molar-refractivity contribution in [2.45, 2.75) is 98.8 Å². The van der Waals surface area contributed by atoms with Gasteiger partial charge in [0.05, 0.1) is 24.7 Å². The molecule has 5 amide bonds. The first-order chi connectivity index (χ1) is 32.5. The molecule has 2 saturated heterocycles. The van der Waals surface area contributed by atoms with Gasteiger partial charge in [0.1, 0.15) is 16.9 Å². The number of rotatable bonds is 19.